The first-order chi connectivity index (χ1) is 9.66. The molecule has 0 radical (unpaired) electrons. The lowest BCUT2D eigenvalue weighted by atomic mass is 10.1. The summed E-state index contributed by atoms with van der Waals surface area (Å²) >= 11 is 1.49. The molecular weight excluding hydrogens is 356 g/mol. The van der Waals surface area contributed by atoms with Crippen molar-refractivity contribution in [3.63, 3.8) is 0 Å². The van der Waals surface area contributed by atoms with E-state index in [4.69, 9.17) is 0 Å². The molecule has 0 fully saturated rings. The van der Waals surface area contributed by atoms with Crippen molar-refractivity contribution in [3.8, 4) is 0 Å². The van der Waals surface area contributed by atoms with Gasteiger partial charge in [-0.1, -0.05) is 6.42 Å². The number of aliphatic imine (C=N–C) groups is 1. The second-order valence-corrected chi connectivity index (χ2v) is 5.65. The van der Waals surface area contributed by atoms with Gasteiger partial charge in [-0.3, -0.25) is 19.9 Å². The van der Waals surface area contributed by atoms with Crippen molar-refractivity contribution in [1.82, 2.24) is 0 Å². The number of benzene rings is 1. The number of non-ortho nitro benzene ring substituents is 1. The van der Waals surface area contributed by atoms with E-state index in [0.717, 1.165) is 30.9 Å². The second kappa shape index (κ2) is 8.94. The summed E-state index contributed by atoms with van der Waals surface area (Å²) in [5.41, 5.74) is 0.514. The maximum absolute atomic E-state index is 12.0. The topological polar surface area (TPSA) is 72.6 Å². The van der Waals surface area contributed by atoms with Crippen LogP contribution in [0.3, 0.4) is 0 Å². The molecule has 7 heteroatoms. The van der Waals surface area contributed by atoms with E-state index in [2.05, 4.69) is 4.99 Å². The molecule has 0 aliphatic carbocycles. The van der Waals surface area contributed by atoms with E-state index in [1.54, 1.807) is 0 Å². The predicted octanol–water partition coefficient (Wildman–Crippen LogP) is 0.487. The second-order valence-electron chi connectivity index (χ2n) is 4.60. The molecule has 0 aromatic heterocycles. The lowest BCUT2D eigenvalue weighted by molar-refractivity contribution is -0.384. The molecule has 0 bridgehead atoms. The Kier molecular flexibility index (Phi) is 7.60. The van der Waals surface area contributed by atoms with Gasteiger partial charge in [-0.05, 0) is 31.4 Å². The summed E-state index contributed by atoms with van der Waals surface area (Å²) in [6.45, 7) is 0.855. The van der Waals surface area contributed by atoms with Crippen molar-refractivity contribution < 1.29 is 26.7 Å². The number of ketones is 1. The number of nitro groups is 1. The van der Waals surface area contributed by atoms with Crippen LogP contribution in [-0.4, -0.2) is 28.0 Å². The molecule has 2 rings (SSSR count). The molecule has 0 N–H and O–H groups in total. The minimum absolute atomic E-state index is 0. The van der Waals surface area contributed by atoms with Crippen LogP contribution in [0.15, 0.2) is 29.3 Å². The lowest BCUT2D eigenvalue weighted by Gasteiger charge is -2.03. The minimum atomic E-state index is -0.469. The van der Waals surface area contributed by atoms with Gasteiger partial charge in [-0.15, -0.1) is 11.8 Å². The number of thioether (sulfide) groups is 1. The largest absolute Gasteiger partial charge is 1.00 e. The summed E-state index contributed by atoms with van der Waals surface area (Å²) in [6, 6.07) is 5.74. The van der Waals surface area contributed by atoms with Gasteiger partial charge < -0.3 is 17.0 Å². The van der Waals surface area contributed by atoms with Gasteiger partial charge in [0.2, 0.25) is 0 Å². The fraction of sp³-hybridized carbons (Fsp3) is 0.429. The zero-order valence-corrected chi connectivity index (χ0v) is 13.9. The Morgan fingerprint density at radius 2 is 1.95 bits per heavy atom. The smallest absolute Gasteiger partial charge is 0.269 e. The highest BCUT2D eigenvalue weighted by atomic mass is 79.9. The zero-order valence-electron chi connectivity index (χ0n) is 11.5. The number of hydrogen-bond acceptors (Lipinski definition) is 5. The number of rotatable bonds is 4. The van der Waals surface area contributed by atoms with E-state index in [0.29, 0.717) is 11.3 Å². The lowest BCUT2D eigenvalue weighted by Crippen LogP contribution is -3.00. The molecule has 0 atom stereocenters. The van der Waals surface area contributed by atoms with Crippen LogP contribution in [0.2, 0.25) is 0 Å². The Labute approximate surface area is 138 Å². The van der Waals surface area contributed by atoms with Crippen LogP contribution < -0.4 is 17.0 Å². The van der Waals surface area contributed by atoms with E-state index >= 15 is 0 Å². The third kappa shape index (κ3) is 5.59. The molecule has 114 valence electrons. The number of carbonyl (C=O) groups excluding carboxylic acids is 1. The molecule has 0 spiro atoms. The first kappa shape index (κ1) is 17.8. The average Bonchev–Trinajstić information content (AvgIpc) is 2.73. The van der Waals surface area contributed by atoms with Crippen LogP contribution in [0.4, 0.5) is 5.69 Å². The summed E-state index contributed by atoms with van der Waals surface area (Å²) in [7, 11) is 0. The van der Waals surface area contributed by atoms with Gasteiger partial charge in [0.15, 0.2) is 5.78 Å². The highest BCUT2D eigenvalue weighted by molar-refractivity contribution is 8.14. The van der Waals surface area contributed by atoms with Crippen LogP contribution in [-0.2, 0) is 0 Å². The number of nitro benzene ring substituents is 1. The van der Waals surface area contributed by atoms with E-state index in [1.807, 2.05) is 0 Å². The van der Waals surface area contributed by atoms with Crippen molar-refractivity contribution in [3.05, 3.63) is 39.9 Å². The number of hydrogen-bond donors (Lipinski definition) is 0. The monoisotopic (exact) mass is 371 g/mol. The van der Waals surface area contributed by atoms with Crippen molar-refractivity contribution in [2.24, 2.45) is 4.99 Å². The fourth-order valence-corrected chi connectivity index (χ4v) is 2.90. The number of carbonyl (C=O) groups is 1. The van der Waals surface area contributed by atoms with Gasteiger partial charge in [-0.25, -0.2) is 0 Å². The van der Waals surface area contributed by atoms with Gasteiger partial charge in [0.1, 0.15) is 0 Å². The summed E-state index contributed by atoms with van der Waals surface area (Å²) < 4.78 is 0. The van der Waals surface area contributed by atoms with Crippen molar-refractivity contribution >= 4 is 28.3 Å². The SMILES string of the molecule is O=C(CSC1=NCCCCC1)c1ccc([N+](=O)[O-])cc1.[Br-]. The van der Waals surface area contributed by atoms with Crippen molar-refractivity contribution in [1.29, 1.82) is 0 Å². The molecule has 1 aromatic rings. The van der Waals surface area contributed by atoms with Crippen LogP contribution >= 0.6 is 11.8 Å². The molecule has 0 amide bonds. The molecule has 1 heterocycles. The standard InChI is InChI=1S/C14H16N2O3S.BrH/c17-13(10-20-14-4-2-1-3-9-15-14)11-5-7-12(8-6-11)16(18)19;/h5-8H,1-4,9-10H2;1H/p-1. The molecule has 0 unspecified atom stereocenters. The molecule has 0 saturated heterocycles. The molecule has 5 nitrogen and oxygen atoms in total. The number of Topliss-reactive ketones (excluding diaryl/α,β-unsaturated/α-hetero) is 1. The normalized spacial score (nSPS) is 14.6. The maximum atomic E-state index is 12.0. The Morgan fingerprint density at radius 3 is 2.62 bits per heavy atom. The summed E-state index contributed by atoms with van der Waals surface area (Å²) in [5, 5.41) is 11.6. The Morgan fingerprint density at radius 1 is 1.24 bits per heavy atom. The molecule has 0 saturated carbocycles. The predicted molar refractivity (Wildman–Crippen MR) is 80.7 cm³/mol. The molecular formula is C14H16BrN2O3S-. The highest BCUT2D eigenvalue weighted by Gasteiger charge is 2.12. The van der Waals surface area contributed by atoms with Crippen molar-refractivity contribution in [2.45, 2.75) is 25.7 Å². The zero-order chi connectivity index (χ0) is 14.4. The average molecular weight is 372 g/mol. The van der Waals surface area contributed by atoms with E-state index in [1.165, 1.54) is 42.4 Å². The molecule has 1 aliphatic heterocycles. The van der Waals surface area contributed by atoms with Gasteiger partial charge in [0.05, 0.1) is 15.7 Å². The summed E-state index contributed by atoms with van der Waals surface area (Å²) in [6.07, 6.45) is 4.42. The Hall–Kier alpha value is -1.21. The van der Waals surface area contributed by atoms with Crippen LogP contribution in [0.1, 0.15) is 36.0 Å². The summed E-state index contributed by atoms with van der Waals surface area (Å²) in [5.74, 6) is 0.327. The van der Waals surface area contributed by atoms with Gasteiger partial charge >= 0.3 is 0 Å². The Balaban J connectivity index is 0.00000220. The van der Waals surface area contributed by atoms with Crippen LogP contribution in [0, 0.1) is 10.1 Å². The quantitative estimate of drug-likeness (QED) is 0.438. The third-order valence-corrected chi connectivity index (χ3v) is 4.18. The maximum Gasteiger partial charge on any atom is 0.269 e. The van der Waals surface area contributed by atoms with E-state index < -0.39 is 4.92 Å². The van der Waals surface area contributed by atoms with Gasteiger partial charge in [-0.2, -0.15) is 0 Å². The van der Waals surface area contributed by atoms with Crippen LogP contribution in [0.25, 0.3) is 0 Å². The summed E-state index contributed by atoms with van der Waals surface area (Å²) in [4.78, 5) is 26.6. The first-order valence-electron chi connectivity index (χ1n) is 6.60. The fourth-order valence-electron chi connectivity index (χ4n) is 1.97. The van der Waals surface area contributed by atoms with Gasteiger partial charge in [0, 0.05) is 24.2 Å². The number of nitrogens with zero attached hydrogens (tertiary/aromatic N) is 2. The first-order valence-corrected chi connectivity index (χ1v) is 7.59. The van der Waals surface area contributed by atoms with E-state index in [-0.39, 0.29) is 28.5 Å². The third-order valence-electron chi connectivity index (χ3n) is 3.11. The molecule has 21 heavy (non-hydrogen) atoms. The highest BCUT2D eigenvalue weighted by Crippen LogP contribution is 2.18. The minimum Gasteiger partial charge on any atom is -1.00 e. The van der Waals surface area contributed by atoms with Gasteiger partial charge in [0.25, 0.3) is 5.69 Å². The van der Waals surface area contributed by atoms with Crippen LogP contribution in [0.5, 0.6) is 0 Å². The molecule has 1 aliphatic rings. The van der Waals surface area contributed by atoms with E-state index in [9.17, 15) is 14.9 Å². The number of halogens is 1. The molecule has 1 aromatic carbocycles. The van der Waals surface area contributed by atoms with Crippen molar-refractivity contribution in [2.75, 3.05) is 12.3 Å². The Bertz CT molecular complexity index is 532.